The van der Waals surface area contributed by atoms with Gasteiger partial charge in [0.15, 0.2) is 0 Å². The summed E-state index contributed by atoms with van der Waals surface area (Å²) in [5.41, 5.74) is 1.18. The zero-order valence-electron chi connectivity index (χ0n) is 19.6. The van der Waals surface area contributed by atoms with Crippen LogP contribution in [0.1, 0.15) is 32.3 Å². The Hall–Kier alpha value is -2.60. The van der Waals surface area contributed by atoms with Gasteiger partial charge in [-0.2, -0.15) is 0 Å². The fourth-order valence-corrected chi connectivity index (χ4v) is 4.84. The van der Waals surface area contributed by atoms with Crippen molar-refractivity contribution in [2.75, 3.05) is 51.8 Å². The third-order valence-electron chi connectivity index (χ3n) is 6.74. The van der Waals surface area contributed by atoms with Gasteiger partial charge < -0.3 is 14.4 Å². The Bertz CT molecular complexity index is 879. The minimum atomic E-state index is -0.776. The minimum absolute atomic E-state index is 0.0304. The number of anilines is 1. The smallest absolute Gasteiger partial charge is 0.316 e. The van der Waals surface area contributed by atoms with E-state index in [1.165, 1.54) is 19.2 Å². The number of hydrogen-bond donors (Lipinski definition) is 0. The molecule has 0 amide bonds. The van der Waals surface area contributed by atoms with Crippen molar-refractivity contribution in [1.29, 1.82) is 0 Å². The molecule has 3 rings (SSSR count). The number of halogens is 1. The van der Waals surface area contributed by atoms with E-state index < -0.39 is 5.41 Å². The minimum Gasteiger partial charge on any atom is -0.495 e. The molecule has 0 spiro atoms. The van der Waals surface area contributed by atoms with Crippen molar-refractivity contribution < 1.29 is 18.7 Å². The Morgan fingerprint density at radius 3 is 2.28 bits per heavy atom. The van der Waals surface area contributed by atoms with E-state index in [9.17, 15) is 9.18 Å². The molecule has 0 N–H and O–H groups in total. The maximum absolute atomic E-state index is 13.5. The van der Waals surface area contributed by atoms with Gasteiger partial charge in [-0.1, -0.05) is 38.1 Å². The van der Waals surface area contributed by atoms with Gasteiger partial charge >= 0.3 is 5.97 Å². The molecular weight excluding hydrogens is 407 g/mol. The van der Waals surface area contributed by atoms with Gasteiger partial charge in [0.05, 0.1) is 25.3 Å². The molecule has 1 aliphatic rings. The summed E-state index contributed by atoms with van der Waals surface area (Å²) in [5.74, 6) is 0.382. The van der Waals surface area contributed by atoms with Crippen LogP contribution in [0.5, 0.6) is 5.75 Å². The molecule has 0 aliphatic carbocycles. The molecule has 0 bridgehead atoms. The quantitative estimate of drug-likeness (QED) is 0.535. The van der Waals surface area contributed by atoms with Crippen LogP contribution in [-0.2, 0) is 14.9 Å². The average molecular weight is 443 g/mol. The molecule has 0 radical (unpaired) electrons. The van der Waals surface area contributed by atoms with Crippen molar-refractivity contribution in [3.63, 3.8) is 0 Å². The second-order valence-corrected chi connectivity index (χ2v) is 8.73. The average Bonchev–Trinajstić information content (AvgIpc) is 2.82. The highest BCUT2D eigenvalue weighted by Gasteiger charge is 2.44. The Balaban J connectivity index is 1.63. The number of carbonyl (C=O) groups is 1. The van der Waals surface area contributed by atoms with Crippen LogP contribution < -0.4 is 9.64 Å². The summed E-state index contributed by atoms with van der Waals surface area (Å²) in [4.78, 5) is 17.8. The van der Waals surface area contributed by atoms with E-state index in [4.69, 9.17) is 9.47 Å². The van der Waals surface area contributed by atoms with Crippen molar-refractivity contribution in [3.8, 4) is 5.75 Å². The van der Waals surface area contributed by atoms with E-state index >= 15 is 0 Å². The Kier molecular flexibility index (Phi) is 8.13. The number of ether oxygens (including phenoxy) is 2. The van der Waals surface area contributed by atoms with Gasteiger partial charge in [-0.05, 0) is 55.1 Å². The molecule has 1 heterocycles. The first-order valence-corrected chi connectivity index (χ1v) is 11.4. The van der Waals surface area contributed by atoms with Crippen LogP contribution in [0.25, 0.3) is 0 Å². The van der Waals surface area contributed by atoms with Crippen molar-refractivity contribution in [1.82, 2.24) is 4.90 Å². The highest BCUT2D eigenvalue weighted by atomic mass is 19.1. The topological polar surface area (TPSA) is 42.0 Å². The second-order valence-electron chi connectivity index (χ2n) is 8.73. The van der Waals surface area contributed by atoms with Gasteiger partial charge in [0, 0.05) is 26.2 Å². The molecule has 174 valence electrons. The summed E-state index contributed by atoms with van der Waals surface area (Å²) in [6.07, 6.45) is 1.52. The van der Waals surface area contributed by atoms with E-state index in [0.717, 1.165) is 56.1 Å². The van der Waals surface area contributed by atoms with Crippen molar-refractivity contribution >= 4 is 11.7 Å². The first-order chi connectivity index (χ1) is 15.4. The van der Waals surface area contributed by atoms with Gasteiger partial charge in [0.2, 0.25) is 0 Å². The van der Waals surface area contributed by atoms with Crippen molar-refractivity contribution in [2.45, 2.75) is 32.1 Å². The molecule has 1 saturated heterocycles. The third-order valence-corrected chi connectivity index (χ3v) is 6.74. The summed E-state index contributed by atoms with van der Waals surface area (Å²) >= 11 is 0. The number of esters is 1. The number of nitrogens with zero attached hydrogens (tertiary/aromatic N) is 2. The number of methoxy groups -OCH3 is 2. The molecular formula is C26H35FN2O3. The second kappa shape index (κ2) is 10.8. The number of para-hydroxylation sites is 2. The summed E-state index contributed by atoms with van der Waals surface area (Å²) < 4.78 is 24.3. The van der Waals surface area contributed by atoms with Gasteiger partial charge in [0.1, 0.15) is 11.6 Å². The van der Waals surface area contributed by atoms with Gasteiger partial charge in [-0.15, -0.1) is 0 Å². The zero-order chi connectivity index (χ0) is 23.1. The summed E-state index contributed by atoms with van der Waals surface area (Å²) in [6, 6.07) is 14.4. The van der Waals surface area contributed by atoms with E-state index in [2.05, 4.69) is 15.9 Å². The zero-order valence-corrected chi connectivity index (χ0v) is 19.6. The molecule has 0 saturated carbocycles. The Morgan fingerprint density at radius 2 is 1.69 bits per heavy atom. The van der Waals surface area contributed by atoms with E-state index in [1.54, 1.807) is 19.2 Å². The molecule has 2 aromatic carbocycles. The molecule has 1 fully saturated rings. The highest BCUT2D eigenvalue weighted by molar-refractivity contribution is 5.83. The van der Waals surface area contributed by atoms with Crippen LogP contribution in [-0.4, -0.2) is 57.8 Å². The summed E-state index contributed by atoms with van der Waals surface area (Å²) in [7, 11) is 3.14. The van der Waals surface area contributed by atoms with Crippen LogP contribution in [0, 0.1) is 11.7 Å². The number of piperazine rings is 1. The summed E-state index contributed by atoms with van der Waals surface area (Å²) in [6.45, 7) is 8.77. The third kappa shape index (κ3) is 5.07. The lowest BCUT2D eigenvalue weighted by molar-refractivity contribution is -0.150. The molecule has 1 unspecified atom stereocenters. The van der Waals surface area contributed by atoms with Crippen LogP contribution in [0.4, 0.5) is 10.1 Å². The molecule has 1 aliphatic heterocycles. The number of carbonyl (C=O) groups excluding carboxylic acids is 1. The number of hydrogen-bond acceptors (Lipinski definition) is 5. The van der Waals surface area contributed by atoms with Crippen molar-refractivity contribution in [2.24, 2.45) is 5.92 Å². The largest absolute Gasteiger partial charge is 0.495 e. The van der Waals surface area contributed by atoms with Gasteiger partial charge in [-0.25, -0.2) is 4.39 Å². The Labute approximate surface area is 191 Å². The monoisotopic (exact) mass is 442 g/mol. The fraction of sp³-hybridized carbons (Fsp3) is 0.500. The molecule has 2 aromatic rings. The van der Waals surface area contributed by atoms with Crippen LogP contribution in [0.3, 0.4) is 0 Å². The van der Waals surface area contributed by atoms with Gasteiger partial charge in [0.25, 0.3) is 0 Å². The predicted octanol–water partition coefficient (Wildman–Crippen LogP) is 4.50. The van der Waals surface area contributed by atoms with Crippen LogP contribution in [0.15, 0.2) is 48.5 Å². The first kappa shape index (κ1) is 24.1. The molecule has 1 atom stereocenters. The SMILES string of the molecule is COC(=O)C(CCCN1CCN(c2ccccc2OC)CC1)(c1ccc(F)cc1)C(C)C. The fourth-order valence-electron chi connectivity index (χ4n) is 4.84. The van der Waals surface area contributed by atoms with Gasteiger partial charge in [-0.3, -0.25) is 9.69 Å². The first-order valence-electron chi connectivity index (χ1n) is 11.4. The lowest BCUT2D eigenvalue weighted by atomic mass is 9.68. The van der Waals surface area contributed by atoms with E-state index in [-0.39, 0.29) is 17.7 Å². The molecule has 0 aromatic heterocycles. The van der Waals surface area contributed by atoms with E-state index in [1.807, 2.05) is 32.0 Å². The number of benzene rings is 2. The lowest BCUT2D eigenvalue weighted by Crippen LogP contribution is -2.47. The number of rotatable bonds is 9. The maximum atomic E-state index is 13.5. The van der Waals surface area contributed by atoms with Crippen LogP contribution >= 0.6 is 0 Å². The highest BCUT2D eigenvalue weighted by Crippen LogP contribution is 2.38. The normalized spacial score (nSPS) is 16.6. The van der Waals surface area contributed by atoms with Crippen molar-refractivity contribution in [3.05, 3.63) is 59.9 Å². The molecule has 6 heteroatoms. The van der Waals surface area contributed by atoms with E-state index in [0.29, 0.717) is 6.42 Å². The molecule has 32 heavy (non-hydrogen) atoms. The molecule has 5 nitrogen and oxygen atoms in total. The summed E-state index contributed by atoms with van der Waals surface area (Å²) in [5, 5.41) is 0. The predicted molar refractivity (Wildman–Crippen MR) is 126 cm³/mol. The van der Waals surface area contributed by atoms with Crippen LogP contribution in [0.2, 0.25) is 0 Å². The maximum Gasteiger partial charge on any atom is 0.316 e. The standard InChI is InChI=1S/C26H35FN2O3/c1-20(2)26(25(30)32-4,21-10-12-22(27)13-11-21)14-7-15-28-16-18-29(19-17-28)23-8-5-6-9-24(23)31-3/h5-6,8-13,20H,7,14-19H2,1-4H3. The lowest BCUT2D eigenvalue weighted by Gasteiger charge is -2.38. The Morgan fingerprint density at radius 1 is 1.03 bits per heavy atom.